The van der Waals surface area contributed by atoms with Gasteiger partial charge in [-0.3, -0.25) is 0 Å². The first-order valence-electron chi connectivity index (χ1n) is 5.10. The van der Waals surface area contributed by atoms with Crippen LogP contribution in [0.1, 0.15) is 40.0 Å². The smallest absolute Gasteiger partial charge is 0.144 e. The Morgan fingerprint density at radius 1 is 1.43 bits per heavy atom. The van der Waals surface area contributed by atoms with Gasteiger partial charge in [0.1, 0.15) is 5.84 Å². The Morgan fingerprint density at radius 3 is 2.57 bits per heavy atom. The quantitative estimate of drug-likeness (QED) is 0.218. The zero-order chi connectivity index (χ0) is 11.0. The van der Waals surface area contributed by atoms with E-state index < -0.39 is 0 Å². The number of amidine groups is 1. The summed E-state index contributed by atoms with van der Waals surface area (Å²) in [5.41, 5.74) is 5.25. The van der Waals surface area contributed by atoms with Crippen molar-refractivity contribution in [1.29, 1.82) is 0 Å². The highest BCUT2D eigenvalue weighted by molar-refractivity contribution is 5.85. The molecule has 0 saturated heterocycles. The summed E-state index contributed by atoms with van der Waals surface area (Å²) in [4.78, 5) is 0. The predicted molar refractivity (Wildman–Crippen MR) is 57.5 cm³/mol. The van der Waals surface area contributed by atoms with Crippen LogP contribution >= 0.6 is 0 Å². The molecular formula is C10H22N2O2. The van der Waals surface area contributed by atoms with Crippen LogP contribution < -0.4 is 5.73 Å². The first-order valence-corrected chi connectivity index (χ1v) is 5.10. The molecule has 4 heteroatoms. The fraction of sp³-hybridized carbons (Fsp3) is 0.900. The first kappa shape index (κ1) is 13.2. The molecule has 3 N–H and O–H groups in total. The Bertz CT molecular complexity index is 179. The Kier molecular flexibility index (Phi) is 6.28. The lowest BCUT2D eigenvalue weighted by Crippen LogP contribution is -2.33. The average molecular weight is 202 g/mol. The summed E-state index contributed by atoms with van der Waals surface area (Å²) >= 11 is 0. The fourth-order valence-electron chi connectivity index (χ4n) is 0.939. The van der Waals surface area contributed by atoms with Gasteiger partial charge in [0.05, 0.1) is 0 Å². The van der Waals surface area contributed by atoms with Crippen molar-refractivity contribution in [3.63, 3.8) is 0 Å². The van der Waals surface area contributed by atoms with Crippen molar-refractivity contribution < 1.29 is 9.94 Å². The van der Waals surface area contributed by atoms with Crippen LogP contribution in [0.25, 0.3) is 0 Å². The zero-order valence-corrected chi connectivity index (χ0v) is 9.42. The molecule has 0 aliphatic rings. The van der Waals surface area contributed by atoms with Crippen LogP contribution in [0.2, 0.25) is 0 Å². The number of nitrogens with two attached hydrogens (primary N) is 1. The topological polar surface area (TPSA) is 67.8 Å². The number of hydrogen-bond acceptors (Lipinski definition) is 3. The van der Waals surface area contributed by atoms with Crippen LogP contribution in [0, 0.1) is 5.41 Å². The van der Waals surface area contributed by atoms with Crippen molar-refractivity contribution >= 4 is 5.84 Å². The number of rotatable bonds is 7. The van der Waals surface area contributed by atoms with E-state index in [0.717, 1.165) is 25.9 Å². The Morgan fingerprint density at radius 2 is 2.07 bits per heavy atom. The molecule has 0 amide bonds. The molecule has 0 aliphatic carbocycles. The number of unbranched alkanes of at least 4 members (excludes halogenated alkanes) is 1. The van der Waals surface area contributed by atoms with Crippen molar-refractivity contribution in [2.45, 2.75) is 40.0 Å². The van der Waals surface area contributed by atoms with Crippen molar-refractivity contribution in [2.75, 3.05) is 13.2 Å². The molecule has 0 rings (SSSR count). The van der Waals surface area contributed by atoms with Crippen LogP contribution in [0.3, 0.4) is 0 Å². The summed E-state index contributed by atoms with van der Waals surface area (Å²) in [5, 5.41) is 11.5. The number of hydrogen-bond donors (Lipinski definition) is 2. The van der Waals surface area contributed by atoms with Gasteiger partial charge in [0.2, 0.25) is 0 Å². The molecule has 0 aliphatic heterocycles. The molecule has 0 saturated carbocycles. The highest BCUT2D eigenvalue weighted by atomic mass is 16.5. The molecule has 0 radical (unpaired) electrons. The summed E-state index contributed by atoms with van der Waals surface area (Å²) in [6, 6.07) is 0. The van der Waals surface area contributed by atoms with E-state index in [4.69, 9.17) is 15.7 Å². The van der Waals surface area contributed by atoms with Crippen molar-refractivity contribution in [3.05, 3.63) is 0 Å². The number of oxime groups is 1. The van der Waals surface area contributed by atoms with E-state index in [-0.39, 0.29) is 11.3 Å². The van der Waals surface area contributed by atoms with Gasteiger partial charge in [0.25, 0.3) is 0 Å². The van der Waals surface area contributed by atoms with E-state index in [1.807, 2.05) is 13.8 Å². The Labute approximate surface area is 86.1 Å². The molecule has 14 heavy (non-hydrogen) atoms. The molecule has 0 aromatic rings. The lowest BCUT2D eigenvalue weighted by atomic mass is 9.88. The molecular weight excluding hydrogens is 180 g/mol. The maximum absolute atomic E-state index is 8.53. The average Bonchev–Trinajstić information content (AvgIpc) is 2.16. The third-order valence-corrected chi connectivity index (χ3v) is 2.31. The molecule has 0 bridgehead atoms. The molecule has 0 atom stereocenters. The van der Waals surface area contributed by atoms with Gasteiger partial charge in [-0.2, -0.15) is 0 Å². The van der Waals surface area contributed by atoms with E-state index >= 15 is 0 Å². The fourth-order valence-corrected chi connectivity index (χ4v) is 0.939. The van der Waals surface area contributed by atoms with Gasteiger partial charge in [0, 0.05) is 18.6 Å². The zero-order valence-electron chi connectivity index (χ0n) is 9.42. The number of ether oxygens (including phenoxy) is 1. The van der Waals surface area contributed by atoms with E-state index in [2.05, 4.69) is 12.1 Å². The Hall–Kier alpha value is -0.770. The second-order valence-electron chi connectivity index (χ2n) is 4.09. The van der Waals surface area contributed by atoms with Crippen molar-refractivity contribution in [2.24, 2.45) is 16.3 Å². The van der Waals surface area contributed by atoms with Gasteiger partial charge in [-0.05, 0) is 12.8 Å². The summed E-state index contributed by atoms with van der Waals surface area (Å²) in [5.74, 6) is 0.261. The lowest BCUT2D eigenvalue weighted by Gasteiger charge is -2.22. The molecule has 0 fully saturated rings. The maximum Gasteiger partial charge on any atom is 0.144 e. The van der Waals surface area contributed by atoms with Crippen LogP contribution in [0.15, 0.2) is 5.16 Å². The van der Waals surface area contributed by atoms with Gasteiger partial charge in [-0.15, -0.1) is 0 Å². The van der Waals surface area contributed by atoms with Crippen LogP contribution in [-0.2, 0) is 4.74 Å². The van der Waals surface area contributed by atoms with Crippen LogP contribution in [0.4, 0.5) is 0 Å². The molecule has 0 heterocycles. The van der Waals surface area contributed by atoms with E-state index in [0.29, 0.717) is 6.61 Å². The standard InChI is InChI=1S/C10H22N2O2/c1-4-5-7-14-8-6-10(2,3)9(11)12-13/h13H,4-8H2,1-3H3,(H2,11,12). The molecule has 0 aromatic heterocycles. The second kappa shape index (κ2) is 6.65. The summed E-state index contributed by atoms with van der Waals surface area (Å²) < 4.78 is 5.41. The van der Waals surface area contributed by atoms with Gasteiger partial charge in [-0.1, -0.05) is 32.3 Å². The molecule has 0 spiro atoms. The third kappa shape index (κ3) is 5.07. The summed E-state index contributed by atoms with van der Waals surface area (Å²) in [6.07, 6.45) is 3.00. The van der Waals surface area contributed by atoms with E-state index in [1.54, 1.807) is 0 Å². The molecule has 84 valence electrons. The third-order valence-electron chi connectivity index (χ3n) is 2.31. The molecule has 0 aromatic carbocycles. The Balaban J connectivity index is 3.66. The van der Waals surface area contributed by atoms with Gasteiger partial charge in [0.15, 0.2) is 0 Å². The SMILES string of the molecule is CCCCOCCC(C)(C)C(N)=NO. The van der Waals surface area contributed by atoms with Gasteiger partial charge >= 0.3 is 0 Å². The second-order valence-corrected chi connectivity index (χ2v) is 4.09. The number of nitrogens with zero attached hydrogens (tertiary/aromatic N) is 1. The molecule has 0 unspecified atom stereocenters. The highest BCUT2D eigenvalue weighted by Gasteiger charge is 2.22. The summed E-state index contributed by atoms with van der Waals surface area (Å²) in [7, 11) is 0. The minimum atomic E-state index is -0.291. The predicted octanol–water partition coefficient (Wildman–Crippen LogP) is 1.97. The normalized spacial score (nSPS) is 13.2. The van der Waals surface area contributed by atoms with E-state index in [1.165, 1.54) is 0 Å². The van der Waals surface area contributed by atoms with Crippen molar-refractivity contribution in [1.82, 2.24) is 0 Å². The lowest BCUT2D eigenvalue weighted by molar-refractivity contribution is 0.113. The van der Waals surface area contributed by atoms with Gasteiger partial charge < -0.3 is 15.7 Å². The maximum atomic E-state index is 8.53. The first-order chi connectivity index (χ1) is 6.54. The van der Waals surface area contributed by atoms with Crippen LogP contribution in [-0.4, -0.2) is 24.3 Å². The minimum Gasteiger partial charge on any atom is -0.409 e. The monoisotopic (exact) mass is 202 g/mol. The minimum absolute atomic E-state index is 0.261. The van der Waals surface area contributed by atoms with E-state index in [9.17, 15) is 0 Å². The molecule has 4 nitrogen and oxygen atoms in total. The largest absolute Gasteiger partial charge is 0.409 e. The van der Waals surface area contributed by atoms with Crippen LogP contribution in [0.5, 0.6) is 0 Å². The van der Waals surface area contributed by atoms with Crippen molar-refractivity contribution in [3.8, 4) is 0 Å². The highest BCUT2D eigenvalue weighted by Crippen LogP contribution is 2.20. The summed E-state index contributed by atoms with van der Waals surface area (Å²) in [6.45, 7) is 7.45. The van der Waals surface area contributed by atoms with Gasteiger partial charge in [-0.25, -0.2) is 0 Å².